The molecule has 0 aliphatic carbocycles. The summed E-state index contributed by atoms with van der Waals surface area (Å²) in [7, 11) is 0. The van der Waals surface area contributed by atoms with Crippen molar-refractivity contribution in [2.75, 3.05) is 0 Å². The van der Waals surface area contributed by atoms with E-state index in [9.17, 15) is 0 Å². The van der Waals surface area contributed by atoms with Crippen molar-refractivity contribution >= 4 is 36.9 Å². The first-order valence-corrected chi connectivity index (χ1v) is 9.44. The number of rotatable bonds is 7. The lowest BCUT2D eigenvalue weighted by atomic mass is 9.83. The lowest BCUT2D eigenvalue weighted by Gasteiger charge is -2.22. The summed E-state index contributed by atoms with van der Waals surface area (Å²) in [5, 5.41) is 0.0927. The van der Waals surface area contributed by atoms with E-state index in [-0.39, 0.29) is 5.25 Å². The van der Waals surface area contributed by atoms with Gasteiger partial charge in [0.05, 0.1) is 0 Å². The van der Waals surface area contributed by atoms with Crippen molar-refractivity contribution in [1.29, 1.82) is 0 Å². The molecule has 1 atom stereocenters. The van der Waals surface area contributed by atoms with Crippen molar-refractivity contribution in [2.45, 2.75) is 31.9 Å². The van der Waals surface area contributed by atoms with Crippen LogP contribution in [0.3, 0.4) is 0 Å². The molecule has 0 bridgehead atoms. The van der Waals surface area contributed by atoms with Gasteiger partial charge in [-0.25, -0.2) is 0 Å². The summed E-state index contributed by atoms with van der Waals surface area (Å²) in [6, 6.07) is 8.69. The van der Waals surface area contributed by atoms with Crippen LogP contribution >= 0.6 is 12.6 Å². The molecule has 0 nitrogen and oxygen atoms in total. The minimum atomic E-state index is 0.0927. The van der Waals surface area contributed by atoms with Gasteiger partial charge >= 0.3 is 0 Å². The Labute approximate surface area is 164 Å². The van der Waals surface area contributed by atoms with Crippen molar-refractivity contribution in [3.8, 4) is 11.1 Å². The number of benzene rings is 2. The summed E-state index contributed by atoms with van der Waals surface area (Å²) in [5.74, 6) is 0.415. The topological polar surface area (TPSA) is 0 Å². The molecule has 0 saturated carbocycles. The second-order valence-electron chi connectivity index (χ2n) is 6.75. The smallest absolute Gasteiger partial charge is 0.0245 e. The van der Waals surface area contributed by atoms with E-state index >= 15 is 0 Å². The summed E-state index contributed by atoms with van der Waals surface area (Å²) in [5.41, 5.74) is 9.08. The van der Waals surface area contributed by atoms with Gasteiger partial charge in [-0.2, -0.15) is 12.6 Å². The Balaban J connectivity index is 3.05. The Bertz CT molecular complexity index is 866. The molecule has 0 saturated heterocycles. The minimum absolute atomic E-state index is 0.0927. The van der Waals surface area contributed by atoms with Crippen LogP contribution in [0.15, 0.2) is 50.6 Å². The van der Waals surface area contributed by atoms with Crippen LogP contribution in [-0.4, -0.2) is 0 Å². The normalized spacial score (nSPS) is 11.9. The highest BCUT2D eigenvalue weighted by Crippen LogP contribution is 2.41. The highest BCUT2D eigenvalue weighted by atomic mass is 32.1. The van der Waals surface area contributed by atoms with Gasteiger partial charge in [-0.1, -0.05) is 88.7 Å². The number of hydrogen-bond donors (Lipinski definition) is 1. The number of thiol groups is 1. The van der Waals surface area contributed by atoms with E-state index in [0.29, 0.717) is 5.92 Å². The Kier molecular flexibility index (Phi) is 6.50. The molecule has 2 rings (SSSR count). The Morgan fingerprint density at radius 1 is 0.808 bits per heavy atom. The molecule has 0 aliphatic heterocycles. The highest BCUT2D eigenvalue weighted by Gasteiger charge is 2.19. The van der Waals surface area contributed by atoms with Gasteiger partial charge in [0.15, 0.2) is 0 Å². The van der Waals surface area contributed by atoms with Gasteiger partial charge < -0.3 is 0 Å². The van der Waals surface area contributed by atoms with Gasteiger partial charge in [-0.15, -0.1) is 0 Å². The maximum atomic E-state index is 4.73. The van der Waals surface area contributed by atoms with E-state index in [1.807, 2.05) is 24.3 Å². The molecule has 0 amide bonds. The summed E-state index contributed by atoms with van der Waals surface area (Å²) >= 11 is 4.73. The van der Waals surface area contributed by atoms with Gasteiger partial charge in [0.25, 0.3) is 0 Å². The molecule has 134 valence electrons. The minimum Gasteiger partial charge on any atom is -0.171 e. The summed E-state index contributed by atoms with van der Waals surface area (Å²) in [6.45, 7) is 22.6. The van der Waals surface area contributed by atoms with Crippen LogP contribution in [0.5, 0.6) is 0 Å². The molecule has 0 N–H and O–H groups in total. The second-order valence-corrected chi connectivity index (χ2v) is 7.53. The van der Waals surface area contributed by atoms with Gasteiger partial charge in [0.2, 0.25) is 0 Å². The fourth-order valence-electron chi connectivity index (χ4n) is 3.33. The average molecular weight is 361 g/mol. The second kappa shape index (κ2) is 8.42. The molecular formula is C25H28S. The van der Waals surface area contributed by atoms with Crippen LogP contribution in [0.25, 0.3) is 35.4 Å². The van der Waals surface area contributed by atoms with Crippen molar-refractivity contribution in [3.05, 3.63) is 84.0 Å². The maximum Gasteiger partial charge on any atom is 0.0245 e. The third kappa shape index (κ3) is 3.64. The van der Waals surface area contributed by atoms with Crippen molar-refractivity contribution in [3.63, 3.8) is 0 Å². The third-order valence-electron chi connectivity index (χ3n) is 4.78. The summed E-state index contributed by atoms with van der Waals surface area (Å²) in [4.78, 5) is 0. The molecule has 0 fully saturated rings. The van der Waals surface area contributed by atoms with E-state index in [4.69, 9.17) is 12.6 Å². The third-order valence-corrected chi connectivity index (χ3v) is 5.06. The van der Waals surface area contributed by atoms with Crippen LogP contribution < -0.4 is 0 Å². The van der Waals surface area contributed by atoms with Gasteiger partial charge in [0, 0.05) is 5.25 Å². The van der Waals surface area contributed by atoms with Gasteiger partial charge in [-0.3, -0.25) is 0 Å². The summed E-state index contributed by atoms with van der Waals surface area (Å²) in [6.07, 6.45) is 7.61. The van der Waals surface area contributed by atoms with Crippen LogP contribution in [-0.2, 0) is 0 Å². The van der Waals surface area contributed by atoms with E-state index in [1.165, 1.54) is 11.1 Å². The van der Waals surface area contributed by atoms with Crippen LogP contribution in [0.1, 0.15) is 65.3 Å². The molecule has 2 aromatic carbocycles. The predicted octanol–water partition coefficient (Wildman–Crippen LogP) is 8.04. The maximum absolute atomic E-state index is 4.73. The highest BCUT2D eigenvalue weighted by molar-refractivity contribution is 7.80. The van der Waals surface area contributed by atoms with E-state index in [0.717, 1.165) is 33.4 Å². The molecule has 1 heteroatoms. The Morgan fingerprint density at radius 2 is 1.42 bits per heavy atom. The molecule has 2 aromatic rings. The molecule has 0 radical (unpaired) electrons. The molecule has 0 aliphatic rings. The zero-order valence-electron chi connectivity index (χ0n) is 16.0. The Hall–Kier alpha value is -2.25. The number of hydrogen-bond acceptors (Lipinski definition) is 1. The molecule has 0 heterocycles. The lowest BCUT2D eigenvalue weighted by Crippen LogP contribution is -2.01. The van der Waals surface area contributed by atoms with E-state index in [1.54, 1.807) is 0 Å². The standard InChI is InChI=1S/C25H28S/c1-8-18-12-13-23(17(7)26)25(22(18)11-4)24-15-20(16(5)6)14-19(9-2)21(24)10-3/h8-17,26H,1-4H2,5-7H3. The van der Waals surface area contributed by atoms with Crippen LogP contribution in [0, 0.1) is 0 Å². The molecule has 26 heavy (non-hydrogen) atoms. The molecular weight excluding hydrogens is 332 g/mol. The Morgan fingerprint density at radius 3 is 1.88 bits per heavy atom. The monoisotopic (exact) mass is 360 g/mol. The fourth-order valence-corrected chi connectivity index (χ4v) is 3.55. The van der Waals surface area contributed by atoms with E-state index < -0.39 is 0 Å². The van der Waals surface area contributed by atoms with Crippen LogP contribution in [0.2, 0.25) is 0 Å². The predicted molar refractivity (Wildman–Crippen MR) is 124 cm³/mol. The first-order valence-electron chi connectivity index (χ1n) is 8.92. The fraction of sp³-hybridized carbons (Fsp3) is 0.200. The van der Waals surface area contributed by atoms with Gasteiger partial charge in [0.1, 0.15) is 0 Å². The quantitative estimate of drug-likeness (QED) is 0.474. The zero-order valence-corrected chi connectivity index (χ0v) is 16.9. The average Bonchev–Trinajstić information content (AvgIpc) is 2.64. The largest absolute Gasteiger partial charge is 0.171 e. The first-order chi connectivity index (χ1) is 12.4. The molecule has 1 unspecified atom stereocenters. The first kappa shape index (κ1) is 20.1. The van der Waals surface area contributed by atoms with Gasteiger partial charge in [-0.05, 0) is 57.3 Å². The van der Waals surface area contributed by atoms with Crippen LogP contribution in [0.4, 0.5) is 0 Å². The lowest BCUT2D eigenvalue weighted by molar-refractivity contribution is 0.866. The SMILES string of the molecule is C=Cc1cc(C(C)C)cc(-c2c(C(C)S)ccc(C=C)c2C=C)c1C=C. The zero-order chi connectivity index (χ0) is 19.4. The van der Waals surface area contributed by atoms with Crippen molar-refractivity contribution in [1.82, 2.24) is 0 Å². The van der Waals surface area contributed by atoms with Crippen molar-refractivity contribution in [2.24, 2.45) is 0 Å². The van der Waals surface area contributed by atoms with Crippen molar-refractivity contribution < 1.29 is 0 Å². The van der Waals surface area contributed by atoms with E-state index in [2.05, 4.69) is 71.4 Å². The summed E-state index contributed by atoms with van der Waals surface area (Å²) < 4.78 is 0. The molecule has 0 spiro atoms. The molecule has 0 aromatic heterocycles.